The van der Waals surface area contributed by atoms with E-state index in [4.69, 9.17) is 18.0 Å². The summed E-state index contributed by atoms with van der Waals surface area (Å²) >= 11 is 8.34. The molecule has 3 nitrogen and oxygen atoms in total. The Kier molecular flexibility index (Phi) is 5.28. The van der Waals surface area contributed by atoms with Crippen LogP contribution in [0.25, 0.3) is 0 Å². The minimum Gasteiger partial charge on any atom is -0.392 e. The van der Waals surface area contributed by atoms with Crippen LogP contribution in [0, 0.1) is 12.8 Å². The highest BCUT2D eigenvalue weighted by atomic mass is 79.9. The summed E-state index contributed by atoms with van der Waals surface area (Å²) in [5.41, 5.74) is 7.25. The summed E-state index contributed by atoms with van der Waals surface area (Å²) in [4.78, 5) is 12.4. The molecule has 0 saturated heterocycles. The van der Waals surface area contributed by atoms with E-state index in [1.807, 2.05) is 32.9 Å². The number of rotatable bonds is 4. The van der Waals surface area contributed by atoms with Gasteiger partial charge in [-0.15, -0.1) is 0 Å². The van der Waals surface area contributed by atoms with Crippen LogP contribution in [0.2, 0.25) is 0 Å². The smallest absolute Gasteiger partial charge is 0.251 e. The Bertz CT molecular complexity index is 454. The number of carbonyl (C=O) groups is 1. The van der Waals surface area contributed by atoms with Gasteiger partial charge in [0.2, 0.25) is 0 Å². The number of nitrogens with two attached hydrogens (primary N) is 1. The molecule has 0 radical (unpaired) electrons. The fraction of sp³-hybridized carbons (Fsp3) is 0.385. The second kappa shape index (κ2) is 6.29. The lowest BCUT2D eigenvalue weighted by atomic mass is 10.0. The van der Waals surface area contributed by atoms with Crippen molar-refractivity contribution in [2.75, 3.05) is 0 Å². The maximum atomic E-state index is 12.1. The highest BCUT2D eigenvalue weighted by Crippen LogP contribution is 2.15. The van der Waals surface area contributed by atoms with E-state index in [2.05, 4.69) is 21.2 Å². The predicted molar refractivity (Wildman–Crippen MR) is 81.8 cm³/mol. The molecule has 1 amide bonds. The van der Waals surface area contributed by atoms with Crippen LogP contribution in [0.5, 0.6) is 0 Å². The topological polar surface area (TPSA) is 55.1 Å². The molecular weight excluding hydrogens is 312 g/mol. The van der Waals surface area contributed by atoms with E-state index in [0.29, 0.717) is 10.6 Å². The van der Waals surface area contributed by atoms with Gasteiger partial charge in [-0.2, -0.15) is 0 Å². The SMILES string of the molecule is Cc1cc(Br)cc(C(=O)NC(C(N)=S)C(C)C)c1. The highest BCUT2D eigenvalue weighted by Gasteiger charge is 2.19. The Labute approximate surface area is 121 Å². The van der Waals surface area contributed by atoms with Gasteiger partial charge in [0, 0.05) is 10.0 Å². The van der Waals surface area contributed by atoms with Crippen molar-refractivity contribution in [2.24, 2.45) is 11.7 Å². The van der Waals surface area contributed by atoms with Gasteiger partial charge in [-0.1, -0.05) is 42.0 Å². The first kappa shape index (κ1) is 15.1. The zero-order valence-electron chi connectivity index (χ0n) is 10.7. The molecule has 0 heterocycles. The standard InChI is InChI=1S/C13H17BrN2OS/c1-7(2)11(12(15)18)16-13(17)9-4-8(3)5-10(14)6-9/h4-7,11H,1-3H3,(H2,15,18)(H,16,17). The summed E-state index contributed by atoms with van der Waals surface area (Å²) in [5, 5.41) is 2.86. The van der Waals surface area contributed by atoms with Gasteiger partial charge in [0.1, 0.15) is 0 Å². The van der Waals surface area contributed by atoms with Crippen molar-refractivity contribution in [1.29, 1.82) is 0 Å². The number of benzene rings is 1. The third-order valence-corrected chi connectivity index (χ3v) is 3.28. The van der Waals surface area contributed by atoms with Gasteiger partial charge in [-0.05, 0) is 36.6 Å². The molecule has 0 aliphatic heterocycles. The van der Waals surface area contributed by atoms with Crippen molar-refractivity contribution in [1.82, 2.24) is 5.32 Å². The number of thiocarbonyl (C=S) groups is 1. The van der Waals surface area contributed by atoms with Gasteiger partial charge < -0.3 is 11.1 Å². The Morgan fingerprint density at radius 3 is 2.44 bits per heavy atom. The molecule has 0 aliphatic carbocycles. The molecule has 1 atom stereocenters. The molecule has 0 aromatic heterocycles. The van der Waals surface area contributed by atoms with Crippen molar-refractivity contribution < 1.29 is 4.79 Å². The van der Waals surface area contributed by atoms with Gasteiger partial charge >= 0.3 is 0 Å². The summed E-state index contributed by atoms with van der Waals surface area (Å²) in [6.45, 7) is 5.88. The first-order valence-corrected chi connectivity index (χ1v) is 6.88. The molecule has 3 N–H and O–H groups in total. The van der Waals surface area contributed by atoms with E-state index in [1.165, 1.54) is 0 Å². The fourth-order valence-corrected chi connectivity index (χ4v) is 2.60. The maximum Gasteiger partial charge on any atom is 0.251 e. The Balaban J connectivity index is 2.90. The van der Waals surface area contributed by atoms with E-state index < -0.39 is 0 Å². The van der Waals surface area contributed by atoms with Crippen LogP contribution in [-0.2, 0) is 0 Å². The number of aryl methyl sites for hydroxylation is 1. The average molecular weight is 329 g/mol. The molecule has 0 fully saturated rings. The molecular formula is C13H17BrN2OS. The number of nitrogens with one attached hydrogen (secondary N) is 1. The van der Waals surface area contributed by atoms with Gasteiger partial charge in [0.25, 0.3) is 5.91 Å². The molecule has 0 spiro atoms. The van der Waals surface area contributed by atoms with Crippen molar-refractivity contribution >= 4 is 39.0 Å². The zero-order valence-corrected chi connectivity index (χ0v) is 13.1. The van der Waals surface area contributed by atoms with E-state index in [0.717, 1.165) is 10.0 Å². The largest absolute Gasteiger partial charge is 0.392 e. The number of hydrogen-bond acceptors (Lipinski definition) is 2. The van der Waals surface area contributed by atoms with Gasteiger partial charge in [-0.3, -0.25) is 4.79 Å². The first-order chi connectivity index (χ1) is 8.31. The third kappa shape index (κ3) is 4.07. The summed E-state index contributed by atoms with van der Waals surface area (Å²) in [5.74, 6) is 0.00519. The second-order valence-corrected chi connectivity index (χ2v) is 6.00. The molecule has 0 aliphatic rings. The molecule has 98 valence electrons. The minimum absolute atomic E-state index is 0.161. The summed E-state index contributed by atoms with van der Waals surface area (Å²) in [6, 6.07) is 5.27. The summed E-state index contributed by atoms with van der Waals surface area (Å²) in [7, 11) is 0. The van der Waals surface area contributed by atoms with E-state index in [1.54, 1.807) is 6.07 Å². The van der Waals surface area contributed by atoms with E-state index >= 15 is 0 Å². The fourth-order valence-electron chi connectivity index (χ4n) is 1.66. The number of carbonyl (C=O) groups excluding carboxylic acids is 1. The number of hydrogen-bond donors (Lipinski definition) is 2. The summed E-state index contributed by atoms with van der Waals surface area (Å²) in [6.07, 6.45) is 0. The first-order valence-electron chi connectivity index (χ1n) is 5.68. The van der Waals surface area contributed by atoms with Crippen LogP contribution in [0.15, 0.2) is 22.7 Å². The molecule has 0 saturated carbocycles. The van der Waals surface area contributed by atoms with Crippen LogP contribution >= 0.6 is 28.1 Å². The van der Waals surface area contributed by atoms with Gasteiger partial charge in [0.05, 0.1) is 11.0 Å². The molecule has 1 aromatic rings. The predicted octanol–water partition coefficient (Wildman–Crippen LogP) is 2.80. The Morgan fingerprint density at radius 2 is 2.00 bits per heavy atom. The lowest BCUT2D eigenvalue weighted by molar-refractivity contribution is 0.0939. The van der Waals surface area contributed by atoms with Crippen LogP contribution in [-0.4, -0.2) is 16.9 Å². The Hall–Kier alpha value is -0.940. The van der Waals surface area contributed by atoms with Crippen LogP contribution in [0.3, 0.4) is 0 Å². The minimum atomic E-state index is -0.285. The molecule has 1 unspecified atom stereocenters. The second-order valence-electron chi connectivity index (χ2n) is 4.61. The van der Waals surface area contributed by atoms with Crippen molar-refractivity contribution in [2.45, 2.75) is 26.8 Å². The zero-order chi connectivity index (χ0) is 13.9. The maximum absolute atomic E-state index is 12.1. The Morgan fingerprint density at radius 1 is 1.39 bits per heavy atom. The quantitative estimate of drug-likeness (QED) is 0.835. The number of halogens is 1. The van der Waals surface area contributed by atoms with Crippen molar-refractivity contribution in [3.05, 3.63) is 33.8 Å². The summed E-state index contributed by atoms with van der Waals surface area (Å²) < 4.78 is 0.879. The van der Waals surface area contributed by atoms with Gasteiger partial charge in [-0.25, -0.2) is 0 Å². The molecule has 5 heteroatoms. The monoisotopic (exact) mass is 328 g/mol. The average Bonchev–Trinajstić information content (AvgIpc) is 2.23. The van der Waals surface area contributed by atoms with Crippen molar-refractivity contribution in [3.63, 3.8) is 0 Å². The molecule has 18 heavy (non-hydrogen) atoms. The molecule has 1 rings (SSSR count). The van der Waals surface area contributed by atoms with Crippen LogP contribution in [0.4, 0.5) is 0 Å². The lowest BCUT2D eigenvalue weighted by Crippen LogP contribution is -2.46. The normalized spacial score (nSPS) is 12.3. The van der Waals surface area contributed by atoms with Gasteiger partial charge in [0.15, 0.2) is 0 Å². The van der Waals surface area contributed by atoms with Crippen molar-refractivity contribution in [3.8, 4) is 0 Å². The molecule has 1 aromatic carbocycles. The number of amides is 1. The van der Waals surface area contributed by atoms with E-state index in [-0.39, 0.29) is 17.9 Å². The van der Waals surface area contributed by atoms with E-state index in [9.17, 15) is 4.79 Å². The lowest BCUT2D eigenvalue weighted by Gasteiger charge is -2.21. The van der Waals surface area contributed by atoms with Crippen LogP contribution < -0.4 is 11.1 Å². The highest BCUT2D eigenvalue weighted by molar-refractivity contribution is 9.10. The third-order valence-electron chi connectivity index (χ3n) is 2.56. The molecule has 0 bridgehead atoms. The van der Waals surface area contributed by atoms with Crippen LogP contribution in [0.1, 0.15) is 29.8 Å².